The van der Waals surface area contributed by atoms with Crippen LogP contribution in [0.3, 0.4) is 0 Å². The van der Waals surface area contributed by atoms with Crippen molar-refractivity contribution in [2.75, 3.05) is 31.1 Å². The maximum absolute atomic E-state index is 12.3. The van der Waals surface area contributed by atoms with Gasteiger partial charge in [0, 0.05) is 61.2 Å². The zero-order valence-electron chi connectivity index (χ0n) is 15.9. The van der Waals surface area contributed by atoms with Crippen molar-refractivity contribution < 1.29 is 4.79 Å². The van der Waals surface area contributed by atoms with Crippen LogP contribution in [-0.2, 0) is 13.1 Å². The van der Waals surface area contributed by atoms with Crippen LogP contribution >= 0.6 is 22.9 Å². The average Bonchev–Trinajstić information content (AvgIpc) is 3.23. The van der Waals surface area contributed by atoms with E-state index in [9.17, 15) is 4.79 Å². The summed E-state index contributed by atoms with van der Waals surface area (Å²) in [7, 11) is 0. The van der Waals surface area contributed by atoms with Gasteiger partial charge in [-0.15, -0.1) is 11.3 Å². The molecule has 29 heavy (non-hydrogen) atoms. The van der Waals surface area contributed by atoms with Gasteiger partial charge in [-0.2, -0.15) is 0 Å². The van der Waals surface area contributed by atoms with Crippen LogP contribution in [0.25, 0.3) is 0 Å². The van der Waals surface area contributed by atoms with E-state index in [-0.39, 0.29) is 5.91 Å². The summed E-state index contributed by atoms with van der Waals surface area (Å²) in [5.74, 6) is -0.149. The van der Waals surface area contributed by atoms with Gasteiger partial charge >= 0.3 is 0 Å². The molecule has 1 aliphatic heterocycles. The highest BCUT2D eigenvalue weighted by atomic mass is 35.5. The van der Waals surface area contributed by atoms with E-state index in [0.29, 0.717) is 12.2 Å². The predicted molar refractivity (Wildman–Crippen MR) is 116 cm³/mol. The maximum atomic E-state index is 12.3. The summed E-state index contributed by atoms with van der Waals surface area (Å²) < 4.78 is 0. The first-order chi connectivity index (χ1) is 14.2. The third-order valence-corrected chi connectivity index (χ3v) is 5.97. The van der Waals surface area contributed by atoms with Crippen LogP contribution in [-0.4, -0.2) is 47.0 Å². The summed E-state index contributed by atoms with van der Waals surface area (Å²) in [6.07, 6.45) is 3.46. The summed E-state index contributed by atoms with van der Waals surface area (Å²) in [4.78, 5) is 25.7. The third-order valence-electron chi connectivity index (χ3n) is 4.88. The van der Waals surface area contributed by atoms with Crippen molar-refractivity contribution in [1.82, 2.24) is 20.2 Å². The molecule has 0 bridgehead atoms. The quantitative estimate of drug-likeness (QED) is 0.652. The molecule has 1 saturated heterocycles. The van der Waals surface area contributed by atoms with Crippen molar-refractivity contribution in [1.29, 1.82) is 0 Å². The van der Waals surface area contributed by atoms with Gasteiger partial charge in [0.15, 0.2) is 0 Å². The van der Waals surface area contributed by atoms with Crippen LogP contribution in [0.15, 0.2) is 54.2 Å². The number of hydrogen-bond acceptors (Lipinski definition) is 6. The van der Waals surface area contributed by atoms with Gasteiger partial charge in [0.05, 0.1) is 6.54 Å². The largest absolute Gasteiger partial charge is 0.369 e. The number of nitrogens with zero attached hydrogens (tertiary/aromatic N) is 4. The molecule has 0 aliphatic carbocycles. The monoisotopic (exact) mass is 427 g/mol. The molecular weight excluding hydrogens is 406 g/mol. The number of rotatable bonds is 6. The summed E-state index contributed by atoms with van der Waals surface area (Å²) in [5.41, 5.74) is 2.65. The molecule has 1 amide bonds. The molecule has 6 nitrogen and oxygen atoms in total. The molecule has 0 atom stereocenters. The van der Waals surface area contributed by atoms with E-state index in [4.69, 9.17) is 11.6 Å². The second-order valence-electron chi connectivity index (χ2n) is 6.91. The second-order valence-corrected chi connectivity index (χ2v) is 8.29. The number of nitrogens with one attached hydrogen (secondary N) is 1. The molecular formula is C21H22ClN5OS. The van der Waals surface area contributed by atoms with E-state index >= 15 is 0 Å². The number of hydrogen-bond donors (Lipinski definition) is 1. The Balaban J connectivity index is 1.26. The Morgan fingerprint density at radius 3 is 2.66 bits per heavy atom. The molecule has 1 aromatic carbocycles. The van der Waals surface area contributed by atoms with E-state index in [1.807, 2.05) is 29.6 Å². The molecule has 2 aromatic heterocycles. The van der Waals surface area contributed by atoms with Crippen molar-refractivity contribution in [2.24, 2.45) is 0 Å². The molecule has 3 aromatic rings. The molecule has 1 N–H and O–H groups in total. The molecule has 0 radical (unpaired) electrons. The van der Waals surface area contributed by atoms with Gasteiger partial charge < -0.3 is 10.2 Å². The number of aromatic nitrogens is 2. The summed E-state index contributed by atoms with van der Waals surface area (Å²) >= 11 is 7.51. The molecule has 3 heterocycles. The third kappa shape index (κ3) is 5.32. The van der Waals surface area contributed by atoms with Crippen LogP contribution in [0.4, 0.5) is 5.69 Å². The van der Waals surface area contributed by atoms with Crippen molar-refractivity contribution in [3.63, 3.8) is 0 Å². The summed E-state index contributed by atoms with van der Waals surface area (Å²) in [6.45, 7) is 5.08. The minimum absolute atomic E-state index is 0.149. The van der Waals surface area contributed by atoms with E-state index in [1.54, 1.807) is 12.4 Å². The van der Waals surface area contributed by atoms with Gasteiger partial charge in [0.2, 0.25) is 0 Å². The Morgan fingerprint density at radius 1 is 1.14 bits per heavy atom. The highest BCUT2D eigenvalue weighted by Gasteiger charge is 2.19. The normalized spacial score (nSPS) is 14.7. The summed E-state index contributed by atoms with van der Waals surface area (Å²) in [5, 5.41) is 6.46. The number of benzene rings is 1. The van der Waals surface area contributed by atoms with E-state index in [1.165, 1.54) is 17.0 Å². The lowest BCUT2D eigenvalue weighted by molar-refractivity contribution is 0.0946. The highest BCUT2D eigenvalue weighted by molar-refractivity contribution is 7.09. The maximum Gasteiger partial charge on any atom is 0.271 e. The van der Waals surface area contributed by atoms with Crippen LogP contribution in [0.5, 0.6) is 0 Å². The number of thiazole rings is 1. The number of piperazine rings is 1. The second kappa shape index (κ2) is 9.35. The topological polar surface area (TPSA) is 61.4 Å². The number of carbonyl (C=O) groups is 1. The van der Waals surface area contributed by atoms with Gasteiger partial charge in [0.25, 0.3) is 5.91 Å². The van der Waals surface area contributed by atoms with Crippen molar-refractivity contribution in [3.8, 4) is 0 Å². The molecule has 0 spiro atoms. The van der Waals surface area contributed by atoms with Crippen LogP contribution in [0, 0.1) is 0 Å². The zero-order chi connectivity index (χ0) is 20.1. The van der Waals surface area contributed by atoms with Gasteiger partial charge in [-0.3, -0.25) is 14.7 Å². The molecule has 150 valence electrons. The molecule has 1 fully saturated rings. The molecule has 8 heteroatoms. The first kappa shape index (κ1) is 19.8. The Kier molecular flexibility index (Phi) is 6.39. The van der Waals surface area contributed by atoms with Crippen molar-refractivity contribution in [2.45, 2.75) is 13.1 Å². The lowest BCUT2D eigenvalue weighted by Crippen LogP contribution is -2.45. The lowest BCUT2D eigenvalue weighted by atomic mass is 10.2. The Labute approximate surface area is 179 Å². The average molecular weight is 428 g/mol. The van der Waals surface area contributed by atoms with Gasteiger partial charge in [-0.1, -0.05) is 17.7 Å². The fraction of sp³-hybridized carbons (Fsp3) is 0.286. The lowest BCUT2D eigenvalue weighted by Gasteiger charge is -2.35. The predicted octanol–water partition coefficient (Wildman–Crippen LogP) is 3.44. The van der Waals surface area contributed by atoms with Crippen LogP contribution < -0.4 is 10.2 Å². The van der Waals surface area contributed by atoms with Gasteiger partial charge in [-0.25, -0.2) is 4.98 Å². The number of carbonyl (C=O) groups excluding carboxylic acids is 1. The minimum atomic E-state index is -0.149. The van der Waals surface area contributed by atoms with E-state index in [2.05, 4.69) is 37.2 Å². The van der Waals surface area contributed by atoms with Crippen molar-refractivity contribution in [3.05, 3.63) is 75.5 Å². The molecule has 0 unspecified atom stereocenters. The van der Waals surface area contributed by atoms with Gasteiger partial charge in [-0.05, 0) is 35.9 Å². The minimum Gasteiger partial charge on any atom is -0.369 e. The Bertz CT molecular complexity index is 939. The zero-order valence-corrected chi connectivity index (χ0v) is 17.5. The first-order valence-corrected chi connectivity index (χ1v) is 10.8. The standard InChI is InChI=1S/C21H22ClN5OS/c22-17-3-5-18(6-4-17)27-10-8-26(9-11-27)14-20-25-19(15-29-20)21(28)24-13-16-2-1-7-23-12-16/h1-7,12,15H,8-11,13-14H2,(H,24,28). The smallest absolute Gasteiger partial charge is 0.271 e. The Morgan fingerprint density at radius 2 is 1.93 bits per heavy atom. The number of amides is 1. The summed E-state index contributed by atoms with van der Waals surface area (Å²) in [6, 6.07) is 11.8. The van der Waals surface area contributed by atoms with E-state index in [0.717, 1.165) is 48.3 Å². The number of anilines is 1. The SMILES string of the molecule is O=C(NCc1cccnc1)c1csc(CN2CCN(c3ccc(Cl)cc3)CC2)n1. The fourth-order valence-corrected chi connectivity index (χ4v) is 4.21. The van der Waals surface area contributed by atoms with Crippen molar-refractivity contribution >= 4 is 34.5 Å². The molecule has 1 aliphatic rings. The number of halogens is 1. The van der Waals surface area contributed by atoms with Gasteiger partial charge in [0.1, 0.15) is 10.7 Å². The van der Waals surface area contributed by atoms with E-state index < -0.39 is 0 Å². The molecule has 0 saturated carbocycles. The highest BCUT2D eigenvalue weighted by Crippen LogP contribution is 2.20. The molecule has 4 rings (SSSR count). The number of pyridine rings is 1. The fourth-order valence-electron chi connectivity index (χ4n) is 3.27. The van der Waals surface area contributed by atoms with Crippen LogP contribution in [0.1, 0.15) is 21.1 Å². The Hall–Kier alpha value is -2.48. The first-order valence-electron chi connectivity index (χ1n) is 9.52. The van der Waals surface area contributed by atoms with Crippen LogP contribution in [0.2, 0.25) is 5.02 Å².